The van der Waals surface area contributed by atoms with Gasteiger partial charge in [-0.1, -0.05) is 65.3 Å². The van der Waals surface area contributed by atoms with Gasteiger partial charge in [0.15, 0.2) is 0 Å². The van der Waals surface area contributed by atoms with Gasteiger partial charge in [-0.2, -0.15) is 4.98 Å². The van der Waals surface area contributed by atoms with Crippen LogP contribution in [-0.4, -0.2) is 27.5 Å². The van der Waals surface area contributed by atoms with Crippen molar-refractivity contribution in [1.82, 2.24) is 15.0 Å². The molecule has 26 heavy (non-hydrogen) atoms. The molecule has 0 spiro atoms. The summed E-state index contributed by atoms with van der Waals surface area (Å²) in [4.78, 5) is 19.2. The van der Waals surface area contributed by atoms with Gasteiger partial charge in [0, 0.05) is 17.1 Å². The Balaban J connectivity index is 1.53. The molecule has 2 aromatic carbocycles. The molecule has 1 aliphatic rings. The fraction of sp³-hybridized carbons (Fsp3) is 0.250. The number of hydrogen-bond acceptors (Lipinski definition) is 4. The Morgan fingerprint density at radius 3 is 2.73 bits per heavy atom. The third-order valence-corrected chi connectivity index (χ3v) is 5.00. The Labute approximate surface area is 156 Å². The van der Waals surface area contributed by atoms with Gasteiger partial charge in [0.25, 0.3) is 0 Å². The summed E-state index contributed by atoms with van der Waals surface area (Å²) in [6.45, 7) is 0.691. The van der Waals surface area contributed by atoms with E-state index in [1.54, 1.807) is 6.07 Å². The number of likely N-dealkylation sites (tertiary alicyclic amines) is 1. The molecule has 1 fully saturated rings. The zero-order valence-corrected chi connectivity index (χ0v) is 14.9. The van der Waals surface area contributed by atoms with E-state index >= 15 is 0 Å². The molecule has 1 atom stereocenters. The molecule has 1 saturated heterocycles. The fourth-order valence-electron chi connectivity index (χ4n) is 3.30. The van der Waals surface area contributed by atoms with Crippen LogP contribution < -0.4 is 0 Å². The van der Waals surface area contributed by atoms with Crippen molar-refractivity contribution in [3.05, 3.63) is 71.1 Å². The Kier molecular flexibility index (Phi) is 4.71. The molecule has 3 aromatic rings. The molecular weight excluding hydrogens is 350 g/mol. The largest absolute Gasteiger partial charge is 0.337 e. The van der Waals surface area contributed by atoms with Crippen molar-refractivity contribution < 1.29 is 9.32 Å². The summed E-state index contributed by atoms with van der Waals surface area (Å²) in [5, 5.41) is 4.69. The molecule has 0 radical (unpaired) electrons. The highest BCUT2D eigenvalue weighted by molar-refractivity contribution is 6.31. The lowest BCUT2D eigenvalue weighted by Crippen LogP contribution is -2.32. The number of benzene rings is 2. The summed E-state index contributed by atoms with van der Waals surface area (Å²) in [5.74, 6) is 1.07. The van der Waals surface area contributed by atoms with Gasteiger partial charge < -0.3 is 9.42 Å². The van der Waals surface area contributed by atoms with Crippen LogP contribution in [0.3, 0.4) is 0 Å². The lowest BCUT2D eigenvalue weighted by atomic mass is 10.1. The van der Waals surface area contributed by atoms with E-state index in [1.807, 2.05) is 53.4 Å². The van der Waals surface area contributed by atoms with Crippen molar-refractivity contribution in [3.63, 3.8) is 0 Å². The number of halogens is 1. The summed E-state index contributed by atoms with van der Waals surface area (Å²) in [7, 11) is 0. The van der Waals surface area contributed by atoms with Crippen LogP contribution in [0.15, 0.2) is 59.1 Å². The van der Waals surface area contributed by atoms with Gasteiger partial charge in [-0.15, -0.1) is 0 Å². The minimum absolute atomic E-state index is 0.0278. The maximum Gasteiger partial charge on any atom is 0.249 e. The number of nitrogens with zero attached hydrogens (tertiary/aromatic N) is 3. The Bertz CT molecular complexity index is 910. The van der Waals surface area contributed by atoms with E-state index in [9.17, 15) is 4.79 Å². The van der Waals surface area contributed by atoms with Crippen molar-refractivity contribution in [3.8, 4) is 11.4 Å². The molecule has 2 heterocycles. The molecule has 0 N–H and O–H groups in total. The van der Waals surface area contributed by atoms with Crippen molar-refractivity contribution in [2.75, 3.05) is 6.54 Å². The van der Waals surface area contributed by atoms with Crippen LogP contribution in [-0.2, 0) is 11.2 Å². The molecule has 132 valence electrons. The molecule has 0 aliphatic carbocycles. The van der Waals surface area contributed by atoms with Crippen LogP contribution in [0.4, 0.5) is 0 Å². The second-order valence-corrected chi connectivity index (χ2v) is 6.74. The van der Waals surface area contributed by atoms with Gasteiger partial charge in [-0.25, -0.2) is 0 Å². The SMILES string of the molecule is O=C(Cc1ccccc1Cl)N1CCC[C@@H]1c1nc(-c2ccccc2)no1. The number of rotatable bonds is 4. The maximum atomic E-state index is 12.8. The summed E-state index contributed by atoms with van der Waals surface area (Å²) >= 11 is 6.19. The van der Waals surface area contributed by atoms with E-state index in [2.05, 4.69) is 10.1 Å². The molecule has 1 amide bonds. The van der Waals surface area contributed by atoms with Crippen molar-refractivity contribution in [2.45, 2.75) is 25.3 Å². The van der Waals surface area contributed by atoms with Gasteiger partial charge in [0.1, 0.15) is 6.04 Å². The molecule has 5 nitrogen and oxygen atoms in total. The zero-order valence-electron chi connectivity index (χ0n) is 14.1. The topological polar surface area (TPSA) is 59.2 Å². The fourth-order valence-corrected chi connectivity index (χ4v) is 3.51. The predicted molar refractivity (Wildman–Crippen MR) is 98.6 cm³/mol. The normalized spacial score (nSPS) is 16.8. The molecule has 0 saturated carbocycles. The maximum absolute atomic E-state index is 12.8. The summed E-state index contributed by atoms with van der Waals surface area (Å²) in [6.07, 6.45) is 2.02. The third kappa shape index (κ3) is 3.35. The first-order valence-electron chi connectivity index (χ1n) is 8.64. The lowest BCUT2D eigenvalue weighted by Gasteiger charge is -2.22. The molecule has 1 aromatic heterocycles. The highest BCUT2D eigenvalue weighted by atomic mass is 35.5. The van der Waals surface area contributed by atoms with Gasteiger partial charge >= 0.3 is 0 Å². The van der Waals surface area contributed by atoms with E-state index in [0.717, 1.165) is 24.0 Å². The zero-order chi connectivity index (χ0) is 17.9. The van der Waals surface area contributed by atoms with Crippen molar-refractivity contribution in [1.29, 1.82) is 0 Å². The smallest absolute Gasteiger partial charge is 0.249 e. The summed E-state index contributed by atoms with van der Waals surface area (Å²) in [5.41, 5.74) is 1.73. The van der Waals surface area contributed by atoms with Crippen LogP contribution in [0, 0.1) is 0 Å². The standard InChI is InChI=1S/C20H18ClN3O2/c21-16-10-5-4-9-15(16)13-18(25)24-12-6-11-17(24)20-22-19(23-26-20)14-7-2-1-3-8-14/h1-5,7-10,17H,6,11-13H2/t17-/m1/s1. The first kappa shape index (κ1) is 16.8. The molecule has 6 heteroatoms. The quantitative estimate of drug-likeness (QED) is 0.690. The molecule has 0 unspecified atom stereocenters. The number of carbonyl (C=O) groups is 1. The molecule has 1 aliphatic heterocycles. The molecular formula is C20H18ClN3O2. The van der Waals surface area contributed by atoms with Gasteiger partial charge in [0.2, 0.25) is 17.6 Å². The van der Waals surface area contributed by atoms with E-state index in [0.29, 0.717) is 23.3 Å². The Morgan fingerprint density at radius 2 is 1.92 bits per heavy atom. The average molecular weight is 368 g/mol. The Hall–Kier alpha value is -2.66. The van der Waals surface area contributed by atoms with Crippen molar-refractivity contribution >= 4 is 17.5 Å². The van der Waals surface area contributed by atoms with Crippen LogP contribution in [0.1, 0.15) is 30.3 Å². The second kappa shape index (κ2) is 7.30. The average Bonchev–Trinajstić information content (AvgIpc) is 3.33. The number of hydrogen-bond donors (Lipinski definition) is 0. The first-order chi connectivity index (χ1) is 12.7. The molecule has 0 bridgehead atoms. The second-order valence-electron chi connectivity index (χ2n) is 6.34. The highest BCUT2D eigenvalue weighted by Gasteiger charge is 2.34. The number of carbonyl (C=O) groups excluding carboxylic acids is 1. The number of aromatic nitrogens is 2. The van der Waals surface area contributed by atoms with Crippen molar-refractivity contribution in [2.24, 2.45) is 0 Å². The van der Waals surface area contributed by atoms with Crippen LogP contribution in [0.2, 0.25) is 5.02 Å². The van der Waals surface area contributed by atoms with Crippen LogP contribution in [0.25, 0.3) is 11.4 Å². The summed E-state index contributed by atoms with van der Waals surface area (Å²) < 4.78 is 5.48. The van der Waals surface area contributed by atoms with Gasteiger partial charge in [0.05, 0.1) is 6.42 Å². The number of amides is 1. The van der Waals surface area contributed by atoms with E-state index < -0.39 is 0 Å². The van der Waals surface area contributed by atoms with E-state index in [1.165, 1.54) is 0 Å². The first-order valence-corrected chi connectivity index (χ1v) is 9.02. The lowest BCUT2D eigenvalue weighted by molar-refractivity contribution is -0.131. The summed E-state index contributed by atoms with van der Waals surface area (Å²) in [6, 6.07) is 16.9. The highest BCUT2D eigenvalue weighted by Crippen LogP contribution is 2.33. The molecule has 4 rings (SSSR count). The monoisotopic (exact) mass is 367 g/mol. The van der Waals surface area contributed by atoms with Gasteiger partial charge in [-0.3, -0.25) is 4.79 Å². The van der Waals surface area contributed by atoms with Gasteiger partial charge in [-0.05, 0) is 24.5 Å². The van der Waals surface area contributed by atoms with Crippen LogP contribution in [0.5, 0.6) is 0 Å². The van der Waals surface area contributed by atoms with E-state index in [4.69, 9.17) is 16.1 Å². The third-order valence-electron chi connectivity index (χ3n) is 4.63. The minimum Gasteiger partial charge on any atom is -0.337 e. The minimum atomic E-state index is -0.171. The van der Waals surface area contributed by atoms with E-state index in [-0.39, 0.29) is 18.4 Å². The predicted octanol–water partition coefficient (Wildman–Crippen LogP) is 4.30. The van der Waals surface area contributed by atoms with Crippen LogP contribution >= 0.6 is 11.6 Å². The Morgan fingerprint density at radius 1 is 1.15 bits per heavy atom.